The molecule has 0 unspecified atom stereocenters. The first-order valence-corrected chi connectivity index (χ1v) is 10.9. The molecule has 0 atom stereocenters. The van der Waals surface area contributed by atoms with E-state index >= 15 is 4.39 Å². The lowest BCUT2D eigenvalue weighted by atomic mass is 10.1. The smallest absolute Gasteiger partial charge is 0.322 e. The zero-order chi connectivity index (χ0) is 25.2. The molecular weight excluding hydrogens is 461 g/mol. The Morgan fingerprint density at radius 2 is 1.92 bits per heavy atom. The highest BCUT2D eigenvalue weighted by Gasteiger charge is 2.18. The summed E-state index contributed by atoms with van der Waals surface area (Å²) in [4.78, 5) is 28.2. The summed E-state index contributed by atoms with van der Waals surface area (Å²) in [6.07, 6.45) is 4.11. The van der Waals surface area contributed by atoms with Gasteiger partial charge in [0, 0.05) is 29.3 Å². The third kappa shape index (κ3) is 4.34. The topological polar surface area (TPSA) is 121 Å². The van der Waals surface area contributed by atoms with Crippen LogP contribution in [0.5, 0.6) is 11.8 Å². The molecule has 0 saturated carbocycles. The summed E-state index contributed by atoms with van der Waals surface area (Å²) in [5, 5.41) is 2.71. The quantitative estimate of drug-likeness (QED) is 0.333. The second-order valence-electron chi connectivity index (χ2n) is 7.83. The van der Waals surface area contributed by atoms with Crippen molar-refractivity contribution in [3.8, 4) is 28.7 Å². The molecule has 0 aliphatic heterocycles. The van der Waals surface area contributed by atoms with Crippen molar-refractivity contribution in [3.05, 3.63) is 91.3 Å². The summed E-state index contributed by atoms with van der Waals surface area (Å²) in [6.45, 7) is 5.24. The summed E-state index contributed by atoms with van der Waals surface area (Å²) in [5.41, 5.74) is 10.6. The summed E-state index contributed by atoms with van der Waals surface area (Å²) < 4.78 is 22.5. The van der Waals surface area contributed by atoms with Crippen LogP contribution in [0, 0.1) is 12.7 Å². The number of amides is 1. The molecule has 0 radical (unpaired) electrons. The Labute approximate surface area is 205 Å². The molecule has 178 valence electrons. The van der Waals surface area contributed by atoms with Crippen LogP contribution < -0.4 is 15.8 Å². The molecule has 0 spiro atoms. The summed E-state index contributed by atoms with van der Waals surface area (Å²) >= 11 is 0. The van der Waals surface area contributed by atoms with E-state index in [1.807, 2.05) is 18.2 Å². The molecule has 3 aromatic heterocycles. The lowest BCUT2D eigenvalue weighted by molar-refractivity contribution is -0.111. The minimum absolute atomic E-state index is 0.0195. The van der Waals surface area contributed by atoms with E-state index < -0.39 is 5.82 Å². The number of hydrogen-bond acceptors (Lipinski definition) is 7. The number of halogens is 1. The summed E-state index contributed by atoms with van der Waals surface area (Å²) in [7, 11) is 0. The van der Waals surface area contributed by atoms with Crippen molar-refractivity contribution in [2.24, 2.45) is 0 Å². The molecular formula is C26H20FN7O2. The van der Waals surface area contributed by atoms with Gasteiger partial charge >= 0.3 is 6.01 Å². The summed E-state index contributed by atoms with van der Waals surface area (Å²) in [5.74, 6) is -0.694. The van der Waals surface area contributed by atoms with E-state index in [1.165, 1.54) is 24.5 Å². The number of benzene rings is 2. The second kappa shape index (κ2) is 9.26. The Morgan fingerprint density at radius 1 is 1.11 bits per heavy atom. The lowest BCUT2D eigenvalue weighted by Crippen LogP contribution is -2.07. The molecule has 5 aromatic rings. The SMILES string of the molecule is C=CC(=O)Nc1ccc(-c2cc3ncnc(N)c3n2-c2ccc(Oc3nccc(C)n3)c(F)c2)cc1. The van der Waals surface area contributed by atoms with E-state index in [4.69, 9.17) is 10.5 Å². The number of nitrogens with zero attached hydrogens (tertiary/aromatic N) is 5. The van der Waals surface area contributed by atoms with Crippen molar-refractivity contribution in [3.63, 3.8) is 0 Å². The number of fused-ring (bicyclic) bond motifs is 1. The molecule has 10 heteroatoms. The predicted octanol–water partition coefficient (Wildman–Crippen LogP) is 4.82. The van der Waals surface area contributed by atoms with Gasteiger partial charge in [-0.1, -0.05) is 18.7 Å². The van der Waals surface area contributed by atoms with Gasteiger partial charge in [-0.05, 0) is 55.0 Å². The van der Waals surface area contributed by atoms with Crippen LogP contribution in [0.1, 0.15) is 5.69 Å². The van der Waals surface area contributed by atoms with Crippen LogP contribution in [0.3, 0.4) is 0 Å². The van der Waals surface area contributed by atoms with E-state index in [0.29, 0.717) is 33.8 Å². The van der Waals surface area contributed by atoms with Crippen molar-refractivity contribution < 1.29 is 13.9 Å². The Bertz CT molecular complexity index is 1610. The number of rotatable bonds is 6. The molecule has 2 aromatic carbocycles. The zero-order valence-corrected chi connectivity index (χ0v) is 19.1. The number of carbonyl (C=O) groups is 1. The second-order valence-corrected chi connectivity index (χ2v) is 7.83. The van der Waals surface area contributed by atoms with E-state index in [-0.39, 0.29) is 23.5 Å². The molecule has 0 aliphatic rings. The minimum atomic E-state index is -0.608. The maximum Gasteiger partial charge on any atom is 0.322 e. The highest BCUT2D eigenvalue weighted by atomic mass is 19.1. The van der Waals surface area contributed by atoms with Gasteiger partial charge in [-0.25, -0.2) is 24.3 Å². The molecule has 36 heavy (non-hydrogen) atoms. The Morgan fingerprint density at radius 3 is 2.64 bits per heavy atom. The number of nitrogen functional groups attached to an aromatic ring is 1. The molecule has 0 aliphatic carbocycles. The Balaban J connectivity index is 1.59. The van der Waals surface area contributed by atoms with Crippen molar-refractivity contribution in [2.45, 2.75) is 6.92 Å². The van der Waals surface area contributed by atoms with Crippen LogP contribution in [-0.2, 0) is 4.79 Å². The highest BCUT2D eigenvalue weighted by molar-refractivity contribution is 5.99. The number of aromatic nitrogens is 5. The van der Waals surface area contributed by atoms with Gasteiger partial charge in [0.2, 0.25) is 5.91 Å². The molecule has 1 amide bonds. The van der Waals surface area contributed by atoms with Gasteiger partial charge in [-0.2, -0.15) is 0 Å². The first-order chi connectivity index (χ1) is 17.4. The van der Waals surface area contributed by atoms with Gasteiger partial charge < -0.3 is 20.4 Å². The third-order valence-corrected chi connectivity index (χ3v) is 5.40. The minimum Gasteiger partial charge on any atom is -0.421 e. The van der Waals surface area contributed by atoms with E-state index in [2.05, 4.69) is 31.8 Å². The average molecular weight is 481 g/mol. The largest absolute Gasteiger partial charge is 0.421 e. The molecule has 3 heterocycles. The van der Waals surface area contributed by atoms with Crippen LogP contribution >= 0.6 is 0 Å². The third-order valence-electron chi connectivity index (χ3n) is 5.40. The van der Waals surface area contributed by atoms with Gasteiger partial charge in [-0.3, -0.25) is 4.79 Å². The van der Waals surface area contributed by atoms with Crippen molar-refractivity contribution in [1.29, 1.82) is 0 Å². The molecule has 0 fully saturated rings. The van der Waals surface area contributed by atoms with Crippen molar-refractivity contribution in [2.75, 3.05) is 11.1 Å². The van der Waals surface area contributed by atoms with Crippen LogP contribution in [0.2, 0.25) is 0 Å². The lowest BCUT2D eigenvalue weighted by Gasteiger charge is -2.14. The Kier molecular flexibility index (Phi) is 5.83. The molecule has 9 nitrogen and oxygen atoms in total. The average Bonchev–Trinajstić information content (AvgIpc) is 3.27. The number of anilines is 2. The Hall–Kier alpha value is -5.12. The number of nitrogens with one attached hydrogen (secondary N) is 1. The van der Waals surface area contributed by atoms with Crippen LogP contribution in [0.4, 0.5) is 15.9 Å². The standard InChI is InChI=1S/C26H20FN7O2/c1-3-23(35)33-17-6-4-16(5-7-17)21-13-20-24(25(28)31-14-30-20)34(21)18-8-9-22(19(27)12-18)36-26-29-11-10-15(2)32-26/h3-14H,1H2,2H3,(H,33,35)(H2,28,30,31). The fourth-order valence-electron chi connectivity index (χ4n) is 3.74. The molecule has 0 bridgehead atoms. The molecule has 0 saturated heterocycles. The number of aryl methyl sites for hydroxylation is 1. The first-order valence-electron chi connectivity index (χ1n) is 10.9. The van der Waals surface area contributed by atoms with Crippen LogP contribution in [0.15, 0.2) is 79.8 Å². The van der Waals surface area contributed by atoms with Crippen LogP contribution in [-0.4, -0.2) is 30.4 Å². The number of carbonyl (C=O) groups excluding carboxylic acids is 1. The number of hydrogen-bond donors (Lipinski definition) is 2. The van der Waals surface area contributed by atoms with Gasteiger partial charge in [0.05, 0.1) is 11.2 Å². The monoisotopic (exact) mass is 481 g/mol. The van der Waals surface area contributed by atoms with Crippen LogP contribution in [0.25, 0.3) is 28.0 Å². The highest BCUT2D eigenvalue weighted by Crippen LogP contribution is 2.35. The number of nitrogens with two attached hydrogens (primary N) is 1. The molecule has 3 N–H and O–H groups in total. The molecule has 5 rings (SSSR count). The predicted molar refractivity (Wildman–Crippen MR) is 134 cm³/mol. The van der Waals surface area contributed by atoms with E-state index in [1.54, 1.807) is 42.0 Å². The first kappa shape index (κ1) is 22.7. The van der Waals surface area contributed by atoms with Crippen molar-refractivity contribution in [1.82, 2.24) is 24.5 Å². The summed E-state index contributed by atoms with van der Waals surface area (Å²) in [6, 6.07) is 15.3. The fraction of sp³-hybridized carbons (Fsp3) is 0.0385. The normalized spacial score (nSPS) is 10.8. The zero-order valence-electron chi connectivity index (χ0n) is 19.1. The number of ether oxygens (including phenoxy) is 1. The van der Waals surface area contributed by atoms with Gasteiger partial charge in [-0.15, -0.1) is 0 Å². The van der Waals surface area contributed by atoms with E-state index in [9.17, 15) is 4.79 Å². The maximum atomic E-state index is 15.2. The van der Waals surface area contributed by atoms with Gasteiger partial charge in [0.1, 0.15) is 11.8 Å². The van der Waals surface area contributed by atoms with Crippen molar-refractivity contribution >= 4 is 28.4 Å². The fourth-order valence-corrected chi connectivity index (χ4v) is 3.74. The van der Waals surface area contributed by atoms with Gasteiger partial charge in [0.25, 0.3) is 0 Å². The van der Waals surface area contributed by atoms with Gasteiger partial charge in [0.15, 0.2) is 17.4 Å². The maximum absolute atomic E-state index is 15.2. The van der Waals surface area contributed by atoms with E-state index in [0.717, 1.165) is 5.56 Å².